The number of azo groups is 1. The minimum absolute atomic E-state index is 0.429. The van der Waals surface area contributed by atoms with Crippen molar-refractivity contribution in [2.45, 2.75) is 0 Å². The van der Waals surface area contributed by atoms with E-state index in [1.165, 1.54) is 0 Å². The summed E-state index contributed by atoms with van der Waals surface area (Å²) in [7, 11) is 0. The predicted molar refractivity (Wildman–Crippen MR) is 75.9 cm³/mol. The molecule has 2 rings (SSSR count). The summed E-state index contributed by atoms with van der Waals surface area (Å²) in [6, 6.07) is 10.0. The van der Waals surface area contributed by atoms with E-state index in [2.05, 4.69) is 10.2 Å². The smallest absolute Gasteiger partial charge is 0.109 e. The summed E-state index contributed by atoms with van der Waals surface area (Å²) >= 11 is 11.7. The minimum Gasteiger partial charge on any atom is -0.399 e. The van der Waals surface area contributed by atoms with E-state index in [0.717, 1.165) is 0 Å². The third-order valence-electron chi connectivity index (χ3n) is 2.23. The maximum absolute atomic E-state index is 5.87. The maximum Gasteiger partial charge on any atom is 0.109 e. The quantitative estimate of drug-likeness (QED) is 0.624. The first-order valence-corrected chi connectivity index (χ1v) is 5.83. The molecule has 0 saturated heterocycles. The topological polar surface area (TPSA) is 76.8 Å². The average Bonchev–Trinajstić information content (AvgIpc) is 2.32. The Morgan fingerprint density at radius 1 is 0.833 bits per heavy atom. The largest absolute Gasteiger partial charge is 0.399 e. The number of anilines is 2. The van der Waals surface area contributed by atoms with Crippen molar-refractivity contribution >= 4 is 46.0 Å². The number of nitrogen functional groups attached to an aromatic ring is 2. The average molecular weight is 281 g/mol. The van der Waals surface area contributed by atoms with Gasteiger partial charge in [0.05, 0.1) is 21.4 Å². The first-order chi connectivity index (χ1) is 8.56. The van der Waals surface area contributed by atoms with Crippen molar-refractivity contribution in [2.24, 2.45) is 10.2 Å². The fourth-order valence-electron chi connectivity index (χ4n) is 1.32. The van der Waals surface area contributed by atoms with E-state index in [1.54, 1.807) is 36.4 Å². The van der Waals surface area contributed by atoms with E-state index in [1.807, 2.05) is 0 Å². The normalized spacial score (nSPS) is 11.0. The molecule has 0 saturated carbocycles. The molecule has 0 bridgehead atoms. The molecule has 0 amide bonds. The van der Waals surface area contributed by atoms with Crippen LogP contribution in [0.5, 0.6) is 0 Å². The van der Waals surface area contributed by atoms with E-state index < -0.39 is 0 Å². The summed E-state index contributed by atoms with van der Waals surface area (Å²) in [6.45, 7) is 0. The fourth-order valence-corrected chi connectivity index (χ4v) is 1.62. The Hall–Kier alpha value is -1.78. The van der Waals surface area contributed by atoms with Crippen LogP contribution in [0.3, 0.4) is 0 Å². The van der Waals surface area contributed by atoms with E-state index in [-0.39, 0.29) is 0 Å². The van der Waals surface area contributed by atoms with Gasteiger partial charge in [0.25, 0.3) is 0 Å². The van der Waals surface area contributed by atoms with Crippen LogP contribution in [0.4, 0.5) is 22.7 Å². The van der Waals surface area contributed by atoms with Gasteiger partial charge in [-0.15, -0.1) is 5.11 Å². The maximum atomic E-state index is 5.87. The van der Waals surface area contributed by atoms with Crippen molar-refractivity contribution in [3.63, 3.8) is 0 Å². The van der Waals surface area contributed by atoms with Gasteiger partial charge in [0, 0.05) is 5.69 Å². The van der Waals surface area contributed by atoms with Crippen LogP contribution in [0.1, 0.15) is 0 Å². The van der Waals surface area contributed by atoms with Crippen molar-refractivity contribution in [3.8, 4) is 0 Å². The number of nitrogens with zero attached hydrogens (tertiary/aromatic N) is 2. The van der Waals surface area contributed by atoms with Crippen LogP contribution in [0, 0.1) is 0 Å². The van der Waals surface area contributed by atoms with E-state index >= 15 is 0 Å². The van der Waals surface area contributed by atoms with E-state index in [9.17, 15) is 0 Å². The van der Waals surface area contributed by atoms with Crippen LogP contribution in [-0.2, 0) is 0 Å². The van der Waals surface area contributed by atoms with Crippen LogP contribution in [-0.4, -0.2) is 0 Å². The Morgan fingerprint density at radius 2 is 1.61 bits per heavy atom. The van der Waals surface area contributed by atoms with Crippen LogP contribution < -0.4 is 11.5 Å². The molecular weight excluding hydrogens is 271 g/mol. The lowest BCUT2D eigenvalue weighted by molar-refractivity contribution is 1.23. The number of hydrogen-bond donors (Lipinski definition) is 2. The van der Waals surface area contributed by atoms with Gasteiger partial charge < -0.3 is 11.5 Å². The van der Waals surface area contributed by atoms with Gasteiger partial charge in [0.2, 0.25) is 0 Å². The summed E-state index contributed by atoms with van der Waals surface area (Å²) in [5.41, 5.74) is 13.5. The summed E-state index contributed by atoms with van der Waals surface area (Å²) < 4.78 is 0. The molecule has 2 aromatic carbocycles. The lowest BCUT2D eigenvalue weighted by atomic mass is 10.2. The summed E-state index contributed by atoms with van der Waals surface area (Å²) in [5.74, 6) is 0. The monoisotopic (exact) mass is 280 g/mol. The Kier molecular flexibility index (Phi) is 3.69. The molecule has 0 aliphatic heterocycles. The Labute approximate surface area is 114 Å². The van der Waals surface area contributed by atoms with Crippen LogP contribution >= 0.6 is 23.2 Å². The molecule has 0 fully saturated rings. The summed E-state index contributed by atoms with van der Waals surface area (Å²) in [5, 5.41) is 8.96. The first kappa shape index (κ1) is 12.7. The van der Waals surface area contributed by atoms with Crippen molar-refractivity contribution in [3.05, 3.63) is 46.4 Å². The van der Waals surface area contributed by atoms with Crippen LogP contribution in [0.2, 0.25) is 10.0 Å². The zero-order valence-electron chi connectivity index (χ0n) is 9.27. The molecule has 0 atom stereocenters. The Bertz CT molecular complexity index is 611. The molecular formula is C12H10Cl2N4. The second-order valence-corrected chi connectivity index (χ2v) is 4.43. The van der Waals surface area contributed by atoms with Gasteiger partial charge in [-0.1, -0.05) is 23.2 Å². The highest BCUT2D eigenvalue weighted by molar-refractivity contribution is 6.42. The molecule has 4 nitrogen and oxygen atoms in total. The number of nitrogens with two attached hydrogens (primary N) is 2. The first-order valence-electron chi connectivity index (χ1n) is 5.08. The number of halogens is 2. The second-order valence-electron chi connectivity index (χ2n) is 3.62. The van der Waals surface area contributed by atoms with Gasteiger partial charge in [-0.25, -0.2) is 0 Å². The number of hydrogen-bond acceptors (Lipinski definition) is 4. The third kappa shape index (κ3) is 2.91. The van der Waals surface area contributed by atoms with Gasteiger partial charge in [-0.3, -0.25) is 0 Å². The Balaban J connectivity index is 2.27. The van der Waals surface area contributed by atoms with Crippen LogP contribution in [0.15, 0.2) is 46.6 Å². The minimum atomic E-state index is 0.429. The van der Waals surface area contributed by atoms with Crippen molar-refractivity contribution < 1.29 is 0 Å². The van der Waals surface area contributed by atoms with Crippen LogP contribution in [0.25, 0.3) is 0 Å². The fraction of sp³-hybridized carbons (Fsp3) is 0. The highest BCUT2D eigenvalue weighted by Gasteiger charge is 2.00. The van der Waals surface area contributed by atoms with Gasteiger partial charge in [0.1, 0.15) is 5.69 Å². The molecule has 0 heterocycles. The zero-order valence-corrected chi connectivity index (χ0v) is 10.8. The van der Waals surface area contributed by atoms with Crippen molar-refractivity contribution in [2.75, 3.05) is 11.5 Å². The molecule has 0 aliphatic carbocycles. The van der Waals surface area contributed by atoms with Gasteiger partial charge in [-0.2, -0.15) is 5.11 Å². The zero-order chi connectivity index (χ0) is 13.1. The van der Waals surface area contributed by atoms with E-state index in [0.29, 0.717) is 32.8 Å². The van der Waals surface area contributed by atoms with Gasteiger partial charge in [0.15, 0.2) is 0 Å². The molecule has 0 unspecified atom stereocenters. The Morgan fingerprint density at radius 3 is 2.28 bits per heavy atom. The molecule has 2 aromatic rings. The molecule has 4 N–H and O–H groups in total. The van der Waals surface area contributed by atoms with Gasteiger partial charge in [-0.05, 0) is 36.4 Å². The van der Waals surface area contributed by atoms with Gasteiger partial charge >= 0.3 is 0 Å². The standard InChI is InChI=1S/C12H10Cl2N4/c13-9-3-2-8(6-10(9)14)17-18-12-4-1-7(15)5-11(12)16/h1-6H,15-16H2. The number of benzene rings is 2. The molecule has 0 radical (unpaired) electrons. The molecule has 0 spiro atoms. The summed E-state index contributed by atoms with van der Waals surface area (Å²) in [4.78, 5) is 0. The van der Waals surface area contributed by atoms with Crippen molar-refractivity contribution in [1.82, 2.24) is 0 Å². The summed E-state index contributed by atoms with van der Waals surface area (Å²) in [6.07, 6.45) is 0. The highest BCUT2D eigenvalue weighted by atomic mass is 35.5. The lowest BCUT2D eigenvalue weighted by Gasteiger charge is -2.00. The van der Waals surface area contributed by atoms with Crippen molar-refractivity contribution in [1.29, 1.82) is 0 Å². The van der Waals surface area contributed by atoms with E-state index in [4.69, 9.17) is 34.7 Å². The SMILES string of the molecule is Nc1ccc(N=Nc2ccc(Cl)c(Cl)c2)c(N)c1. The lowest BCUT2D eigenvalue weighted by Crippen LogP contribution is -1.89. The highest BCUT2D eigenvalue weighted by Crippen LogP contribution is 2.29. The second kappa shape index (κ2) is 5.25. The molecule has 92 valence electrons. The third-order valence-corrected chi connectivity index (χ3v) is 2.97. The molecule has 0 aliphatic rings. The molecule has 6 heteroatoms. The molecule has 18 heavy (non-hydrogen) atoms. The predicted octanol–water partition coefficient (Wildman–Crippen LogP) is 4.57. The number of rotatable bonds is 2. The molecule has 0 aromatic heterocycles.